The maximum atomic E-state index is 12.7. The number of amides is 1. The van der Waals surface area contributed by atoms with Crippen LogP contribution in [0.4, 0.5) is 5.69 Å². The van der Waals surface area contributed by atoms with Gasteiger partial charge in [0.1, 0.15) is 16.2 Å². The highest BCUT2D eigenvalue weighted by atomic mass is 32.2. The highest BCUT2D eigenvalue weighted by Gasteiger charge is 2.20. The van der Waals surface area contributed by atoms with Gasteiger partial charge in [0.15, 0.2) is 5.16 Å². The number of carbonyl (C=O) groups is 1. The lowest BCUT2D eigenvalue weighted by Crippen LogP contribution is -2.26. The lowest BCUT2D eigenvalue weighted by atomic mass is 10.2. The Hall–Kier alpha value is -2.52. The zero-order chi connectivity index (χ0) is 20.3. The fraction of sp³-hybridized carbons (Fsp3) is 0.316. The zero-order valence-corrected chi connectivity index (χ0v) is 17.6. The molecule has 0 aliphatic carbocycles. The van der Waals surface area contributed by atoms with Gasteiger partial charge < -0.3 is 14.8 Å². The van der Waals surface area contributed by atoms with Crippen LogP contribution in [0.3, 0.4) is 0 Å². The molecule has 0 bridgehead atoms. The summed E-state index contributed by atoms with van der Waals surface area (Å²) in [6, 6.07) is 7.00. The average Bonchev–Trinajstić information content (AvgIpc) is 3.17. The van der Waals surface area contributed by atoms with Gasteiger partial charge in [-0.05, 0) is 37.4 Å². The van der Waals surface area contributed by atoms with Gasteiger partial charge in [-0.3, -0.25) is 14.2 Å². The summed E-state index contributed by atoms with van der Waals surface area (Å²) in [5.41, 5.74) is 1.10. The minimum atomic E-state index is -0.475. The van der Waals surface area contributed by atoms with Gasteiger partial charge in [-0.2, -0.15) is 0 Å². The predicted octanol–water partition coefficient (Wildman–Crippen LogP) is 3.61. The summed E-state index contributed by atoms with van der Waals surface area (Å²) in [4.78, 5) is 29.9. The number of anilines is 1. The largest absolute Gasteiger partial charge is 0.497 e. The normalized spacial score (nSPS) is 12.0. The van der Waals surface area contributed by atoms with Crippen molar-refractivity contribution in [3.63, 3.8) is 0 Å². The fourth-order valence-electron chi connectivity index (χ4n) is 2.65. The number of ether oxygens (including phenoxy) is 2. The summed E-state index contributed by atoms with van der Waals surface area (Å²) in [7, 11) is 3.09. The van der Waals surface area contributed by atoms with Crippen molar-refractivity contribution in [3.8, 4) is 11.5 Å². The molecule has 7 nitrogen and oxygen atoms in total. The zero-order valence-electron chi connectivity index (χ0n) is 16.0. The van der Waals surface area contributed by atoms with E-state index in [1.807, 2.05) is 18.4 Å². The first-order chi connectivity index (χ1) is 13.5. The number of benzene rings is 1. The van der Waals surface area contributed by atoms with E-state index in [0.29, 0.717) is 39.1 Å². The number of nitrogens with one attached hydrogen (secondary N) is 1. The Morgan fingerprint density at radius 3 is 2.79 bits per heavy atom. The van der Waals surface area contributed by atoms with Crippen molar-refractivity contribution < 1.29 is 14.3 Å². The van der Waals surface area contributed by atoms with Gasteiger partial charge in [0, 0.05) is 12.6 Å². The molecule has 2 aromatic heterocycles. The van der Waals surface area contributed by atoms with Gasteiger partial charge in [0.25, 0.3) is 5.56 Å². The highest BCUT2D eigenvalue weighted by molar-refractivity contribution is 8.00. The Kier molecular flexibility index (Phi) is 6.25. The third-order valence-electron chi connectivity index (χ3n) is 4.16. The number of thioether (sulfide) groups is 1. The first-order valence-electron chi connectivity index (χ1n) is 8.66. The molecule has 1 unspecified atom stereocenters. The molecule has 0 spiro atoms. The molecule has 0 saturated carbocycles. The van der Waals surface area contributed by atoms with Crippen LogP contribution in [0.1, 0.15) is 13.8 Å². The molecule has 1 amide bonds. The van der Waals surface area contributed by atoms with Crippen LogP contribution in [-0.4, -0.2) is 34.9 Å². The second kappa shape index (κ2) is 8.66. The van der Waals surface area contributed by atoms with E-state index >= 15 is 0 Å². The van der Waals surface area contributed by atoms with Crippen LogP contribution in [0.5, 0.6) is 11.5 Å². The Balaban J connectivity index is 1.84. The number of nitrogens with zero attached hydrogens (tertiary/aromatic N) is 2. The molecular formula is C19H21N3O4S2. The molecule has 28 heavy (non-hydrogen) atoms. The summed E-state index contributed by atoms with van der Waals surface area (Å²) in [5, 5.41) is 4.76. The van der Waals surface area contributed by atoms with Crippen molar-refractivity contribution in [3.05, 3.63) is 40.0 Å². The lowest BCUT2D eigenvalue weighted by molar-refractivity contribution is -0.115. The molecule has 1 N–H and O–H groups in total. The third-order valence-corrected chi connectivity index (χ3v) is 6.14. The van der Waals surface area contributed by atoms with E-state index in [9.17, 15) is 9.59 Å². The summed E-state index contributed by atoms with van der Waals surface area (Å²) < 4.78 is 12.7. The number of thiophene rings is 1. The minimum Gasteiger partial charge on any atom is -0.497 e. The first kappa shape index (κ1) is 20.2. The van der Waals surface area contributed by atoms with Gasteiger partial charge in [-0.15, -0.1) is 11.3 Å². The summed E-state index contributed by atoms with van der Waals surface area (Å²) in [6.45, 7) is 4.15. The maximum absolute atomic E-state index is 12.7. The molecule has 1 aromatic carbocycles. The number of hydrogen-bond acceptors (Lipinski definition) is 7. The van der Waals surface area contributed by atoms with E-state index in [2.05, 4.69) is 10.3 Å². The first-order valence-corrected chi connectivity index (χ1v) is 10.4. The Bertz CT molecular complexity index is 1060. The van der Waals surface area contributed by atoms with Crippen molar-refractivity contribution in [1.29, 1.82) is 0 Å². The molecule has 3 rings (SSSR count). The Morgan fingerprint density at radius 2 is 2.11 bits per heavy atom. The molecule has 3 aromatic rings. The van der Waals surface area contributed by atoms with Gasteiger partial charge in [0.2, 0.25) is 5.91 Å². The second-order valence-electron chi connectivity index (χ2n) is 5.89. The van der Waals surface area contributed by atoms with Gasteiger partial charge in [-0.1, -0.05) is 11.8 Å². The summed E-state index contributed by atoms with van der Waals surface area (Å²) >= 11 is 2.63. The molecular weight excluding hydrogens is 398 g/mol. The van der Waals surface area contributed by atoms with Gasteiger partial charge in [-0.25, -0.2) is 4.98 Å². The highest BCUT2D eigenvalue weighted by Crippen LogP contribution is 2.30. The van der Waals surface area contributed by atoms with E-state index in [0.717, 1.165) is 0 Å². The molecule has 0 aliphatic heterocycles. The number of hydrogen-bond donors (Lipinski definition) is 1. The van der Waals surface area contributed by atoms with Gasteiger partial charge >= 0.3 is 0 Å². The van der Waals surface area contributed by atoms with E-state index in [1.165, 1.54) is 30.2 Å². The minimum absolute atomic E-state index is 0.0768. The predicted molar refractivity (Wildman–Crippen MR) is 113 cm³/mol. The van der Waals surface area contributed by atoms with Crippen LogP contribution in [0, 0.1) is 0 Å². The van der Waals surface area contributed by atoms with Crippen molar-refractivity contribution >= 4 is 44.9 Å². The van der Waals surface area contributed by atoms with Crippen molar-refractivity contribution in [1.82, 2.24) is 9.55 Å². The molecule has 0 radical (unpaired) electrons. The Labute approximate surface area is 170 Å². The van der Waals surface area contributed by atoms with Crippen LogP contribution < -0.4 is 20.3 Å². The van der Waals surface area contributed by atoms with Crippen LogP contribution in [-0.2, 0) is 11.3 Å². The standard InChI is InChI=1S/C19H21N3O4S2/c1-5-22-18(24)16-13(8-9-27-16)21-19(22)28-11(2)17(23)20-14-10-12(25-3)6-7-15(14)26-4/h6-11H,5H2,1-4H3,(H,20,23). The van der Waals surface area contributed by atoms with Crippen molar-refractivity contribution in [2.24, 2.45) is 0 Å². The van der Waals surface area contributed by atoms with Gasteiger partial charge in [0.05, 0.1) is 30.7 Å². The molecule has 9 heteroatoms. The van der Waals surface area contributed by atoms with Crippen LogP contribution in [0.25, 0.3) is 10.2 Å². The summed E-state index contributed by atoms with van der Waals surface area (Å²) in [5.74, 6) is 0.925. The lowest BCUT2D eigenvalue weighted by Gasteiger charge is -2.16. The van der Waals surface area contributed by atoms with E-state index in [1.54, 1.807) is 36.8 Å². The van der Waals surface area contributed by atoms with E-state index in [4.69, 9.17) is 9.47 Å². The third kappa shape index (κ3) is 4.00. The maximum Gasteiger partial charge on any atom is 0.272 e. The van der Waals surface area contributed by atoms with E-state index < -0.39 is 5.25 Å². The number of methoxy groups -OCH3 is 2. The average molecular weight is 420 g/mol. The second-order valence-corrected chi connectivity index (χ2v) is 8.12. The fourth-order valence-corrected chi connectivity index (χ4v) is 4.40. The van der Waals surface area contributed by atoms with Crippen LogP contribution in [0.15, 0.2) is 39.6 Å². The van der Waals surface area contributed by atoms with Crippen molar-refractivity contribution in [2.45, 2.75) is 30.8 Å². The molecule has 0 aliphatic rings. The monoisotopic (exact) mass is 419 g/mol. The topological polar surface area (TPSA) is 82.5 Å². The molecule has 2 heterocycles. The quantitative estimate of drug-likeness (QED) is 0.465. The van der Waals surface area contributed by atoms with Crippen molar-refractivity contribution in [2.75, 3.05) is 19.5 Å². The molecule has 148 valence electrons. The molecule has 0 saturated heterocycles. The molecule has 0 fully saturated rings. The van der Waals surface area contributed by atoms with Crippen LogP contribution in [0.2, 0.25) is 0 Å². The van der Waals surface area contributed by atoms with Crippen LogP contribution >= 0.6 is 23.1 Å². The van der Waals surface area contributed by atoms with E-state index in [-0.39, 0.29) is 11.5 Å². The molecule has 1 atom stereocenters. The summed E-state index contributed by atoms with van der Waals surface area (Å²) in [6.07, 6.45) is 0. The number of aromatic nitrogens is 2. The smallest absolute Gasteiger partial charge is 0.272 e. The number of carbonyl (C=O) groups excluding carboxylic acids is 1. The number of fused-ring (bicyclic) bond motifs is 1. The Morgan fingerprint density at radius 1 is 1.32 bits per heavy atom. The number of rotatable bonds is 7. The SMILES string of the molecule is CCn1c(SC(C)C(=O)Nc2cc(OC)ccc2OC)nc2ccsc2c1=O.